The number of nitrogens with one attached hydrogen (secondary N) is 1. The third-order valence-corrected chi connectivity index (χ3v) is 5.63. The van der Waals surface area contributed by atoms with Crippen molar-refractivity contribution >= 4 is 5.71 Å². The van der Waals surface area contributed by atoms with Crippen LogP contribution in [-0.2, 0) is 4.74 Å². The van der Waals surface area contributed by atoms with Gasteiger partial charge in [-0.25, -0.2) is 0 Å². The van der Waals surface area contributed by atoms with E-state index >= 15 is 0 Å². The normalized spacial score (nSPS) is 24.1. The van der Waals surface area contributed by atoms with Crippen molar-refractivity contribution in [2.75, 3.05) is 6.54 Å². The third kappa shape index (κ3) is 5.37. The van der Waals surface area contributed by atoms with Crippen LogP contribution in [0.5, 0.6) is 0 Å². The topological polar surface area (TPSA) is 33.6 Å². The zero-order valence-electron chi connectivity index (χ0n) is 17.6. The molecule has 0 radical (unpaired) electrons. The Kier molecular flexibility index (Phi) is 7.53. The van der Waals surface area contributed by atoms with E-state index in [1.807, 2.05) is 6.20 Å². The number of aliphatic imine (C=N–C) groups is 1. The van der Waals surface area contributed by atoms with Crippen molar-refractivity contribution in [1.82, 2.24) is 5.32 Å². The summed E-state index contributed by atoms with van der Waals surface area (Å²) < 4.78 is 6.34. The summed E-state index contributed by atoms with van der Waals surface area (Å²) in [5, 5.41) is 3.21. The lowest BCUT2D eigenvalue weighted by Gasteiger charge is -2.24. The highest BCUT2D eigenvalue weighted by molar-refractivity contribution is 6.03. The first-order valence-electron chi connectivity index (χ1n) is 10.8. The predicted molar refractivity (Wildman–Crippen MR) is 119 cm³/mol. The standard InChI is InChI=1S/C25H34N2O/c1-4-23(27-24(5-2)21-15-17-26-18-16-21)20-12-11-19(3)25(14-13-20)28-22-9-7-6-8-10-22/h4,11-17,20,22,26H,5-10,18H2,1-3H3/b23-4-,27-24?. The quantitative estimate of drug-likeness (QED) is 0.562. The Bertz CT molecular complexity index is 755. The Balaban J connectivity index is 1.75. The second-order valence-electron chi connectivity index (χ2n) is 7.70. The second kappa shape index (κ2) is 10.3. The molecule has 1 aliphatic heterocycles. The number of nitrogens with zero attached hydrogens (tertiary/aromatic N) is 1. The molecule has 28 heavy (non-hydrogen) atoms. The average molecular weight is 379 g/mol. The Morgan fingerprint density at radius 2 is 1.96 bits per heavy atom. The molecule has 1 N–H and O–H groups in total. The molecule has 0 spiro atoms. The van der Waals surface area contributed by atoms with Crippen molar-refractivity contribution in [1.29, 1.82) is 0 Å². The minimum Gasteiger partial charge on any atom is -0.490 e. The number of ether oxygens (including phenoxy) is 1. The smallest absolute Gasteiger partial charge is 0.122 e. The van der Waals surface area contributed by atoms with Gasteiger partial charge in [-0.2, -0.15) is 0 Å². The van der Waals surface area contributed by atoms with E-state index in [0.717, 1.165) is 30.1 Å². The summed E-state index contributed by atoms with van der Waals surface area (Å²) in [5.41, 5.74) is 4.64. The van der Waals surface area contributed by atoms with Gasteiger partial charge in [0.05, 0.1) is 6.10 Å². The molecule has 1 saturated carbocycles. The molecule has 1 unspecified atom stereocenters. The molecule has 2 aliphatic carbocycles. The largest absolute Gasteiger partial charge is 0.490 e. The summed E-state index contributed by atoms with van der Waals surface area (Å²) in [6, 6.07) is 0. The predicted octanol–water partition coefficient (Wildman–Crippen LogP) is 6.15. The fraction of sp³-hybridized carbons (Fsp3) is 0.480. The molecule has 3 rings (SSSR count). The van der Waals surface area contributed by atoms with Crippen LogP contribution in [0.4, 0.5) is 0 Å². The maximum absolute atomic E-state index is 6.34. The van der Waals surface area contributed by atoms with E-state index in [9.17, 15) is 0 Å². The van der Waals surface area contributed by atoms with Gasteiger partial charge < -0.3 is 10.1 Å². The van der Waals surface area contributed by atoms with E-state index in [0.29, 0.717) is 6.10 Å². The molecular formula is C25H34N2O. The highest BCUT2D eigenvalue weighted by Gasteiger charge is 2.18. The number of hydrogen-bond donors (Lipinski definition) is 1. The number of rotatable bonds is 6. The fourth-order valence-electron chi connectivity index (χ4n) is 3.91. The lowest BCUT2D eigenvalue weighted by atomic mass is 9.98. The summed E-state index contributed by atoms with van der Waals surface area (Å²) in [5.74, 6) is 1.19. The van der Waals surface area contributed by atoms with Gasteiger partial charge in [-0.05, 0) is 75.4 Å². The summed E-state index contributed by atoms with van der Waals surface area (Å²) in [7, 11) is 0. The molecule has 0 bridgehead atoms. The number of hydrogen-bond acceptors (Lipinski definition) is 3. The van der Waals surface area contributed by atoms with Crippen molar-refractivity contribution in [2.45, 2.75) is 65.4 Å². The molecule has 0 aromatic rings. The fourth-order valence-corrected chi connectivity index (χ4v) is 3.91. The molecule has 0 amide bonds. The summed E-state index contributed by atoms with van der Waals surface area (Å²) in [6.07, 6.45) is 24.8. The molecular weight excluding hydrogens is 344 g/mol. The van der Waals surface area contributed by atoms with Gasteiger partial charge >= 0.3 is 0 Å². The van der Waals surface area contributed by atoms with Crippen LogP contribution in [0, 0.1) is 5.92 Å². The minimum atomic E-state index is 0.167. The zero-order chi connectivity index (χ0) is 19.8. The lowest BCUT2D eigenvalue weighted by molar-refractivity contribution is 0.0886. The van der Waals surface area contributed by atoms with E-state index in [1.54, 1.807) is 0 Å². The van der Waals surface area contributed by atoms with E-state index in [4.69, 9.17) is 9.73 Å². The molecule has 1 fully saturated rings. The van der Waals surface area contributed by atoms with E-state index < -0.39 is 0 Å². The molecule has 150 valence electrons. The van der Waals surface area contributed by atoms with Crippen LogP contribution in [0.25, 0.3) is 0 Å². The van der Waals surface area contributed by atoms with Crippen LogP contribution in [0.1, 0.15) is 59.3 Å². The van der Waals surface area contributed by atoms with Crippen LogP contribution in [0.15, 0.2) is 76.3 Å². The molecule has 0 aromatic carbocycles. The van der Waals surface area contributed by atoms with Gasteiger partial charge in [0.1, 0.15) is 5.76 Å². The maximum Gasteiger partial charge on any atom is 0.122 e. The molecule has 1 heterocycles. The summed E-state index contributed by atoms with van der Waals surface area (Å²) in [6.45, 7) is 7.25. The second-order valence-corrected chi connectivity index (χ2v) is 7.70. The SMILES string of the molecule is C/C=C(\N=C(CC)C1=CCNC=C1)C1C=CC(C)=C(OC2CCCCC2)C=C1. The van der Waals surface area contributed by atoms with E-state index in [-0.39, 0.29) is 5.92 Å². The number of dihydropyridines is 1. The van der Waals surface area contributed by atoms with Gasteiger partial charge in [0.15, 0.2) is 0 Å². The highest BCUT2D eigenvalue weighted by Crippen LogP contribution is 2.28. The van der Waals surface area contributed by atoms with Crippen molar-refractivity contribution in [3.63, 3.8) is 0 Å². The van der Waals surface area contributed by atoms with Gasteiger partial charge in [-0.3, -0.25) is 4.99 Å². The Hall–Kier alpha value is -2.29. The van der Waals surface area contributed by atoms with Crippen LogP contribution in [-0.4, -0.2) is 18.4 Å². The van der Waals surface area contributed by atoms with Crippen LogP contribution < -0.4 is 5.32 Å². The van der Waals surface area contributed by atoms with Crippen molar-refractivity contribution in [3.8, 4) is 0 Å². The Morgan fingerprint density at radius 3 is 2.64 bits per heavy atom. The van der Waals surface area contributed by atoms with Crippen LogP contribution in [0.3, 0.4) is 0 Å². The van der Waals surface area contributed by atoms with Gasteiger partial charge in [-0.15, -0.1) is 0 Å². The Morgan fingerprint density at radius 1 is 1.18 bits per heavy atom. The molecule has 0 aromatic heterocycles. The molecule has 3 heteroatoms. The van der Waals surface area contributed by atoms with Crippen molar-refractivity contribution in [2.24, 2.45) is 10.9 Å². The molecule has 3 aliphatic rings. The minimum absolute atomic E-state index is 0.167. The molecule has 0 saturated heterocycles. The monoisotopic (exact) mass is 378 g/mol. The van der Waals surface area contributed by atoms with Gasteiger partial charge in [0.25, 0.3) is 0 Å². The van der Waals surface area contributed by atoms with Gasteiger partial charge in [-0.1, -0.05) is 43.7 Å². The zero-order valence-corrected chi connectivity index (χ0v) is 17.6. The first kappa shape index (κ1) is 20.4. The summed E-state index contributed by atoms with van der Waals surface area (Å²) >= 11 is 0. The molecule has 1 atom stereocenters. The van der Waals surface area contributed by atoms with Crippen molar-refractivity contribution in [3.05, 3.63) is 71.3 Å². The van der Waals surface area contributed by atoms with Crippen molar-refractivity contribution < 1.29 is 4.74 Å². The highest BCUT2D eigenvalue weighted by atomic mass is 16.5. The maximum atomic E-state index is 6.34. The lowest BCUT2D eigenvalue weighted by Crippen LogP contribution is -2.16. The van der Waals surface area contributed by atoms with Crippen LogP contribution >= 0.6 is 0 Å². The van der Waals surface area contributed by atoms with Gasteiger partial charge in [0.2, 0.25) is 0 Å². The average Bonchev–Trinajstić information content (AvgIpc) is 2.92. The van der Waals surface area contributed by atoms with E-state index in [1.165, 1.54) is 43.3 Å². The first-order chi connectivity index (χ1) is 13.7. The third-order valence-electron chi connectivity index (χ3n) is 5.63. The summed E-state index contributed by atoms with van der Waals surface area (Å²) in [4.78, 5) is 5.04. The van der Waals surface area contributed by atoms with Gasteiger partial charge in [0, 0.05) is 23.9 Å². The first-order valence-corrected chi connectivity index (χ1v) is 10.8. The van der Waals surface area contributed by atoms with E-state index in [2.05, 4.69) is 68.6 Å². The number of allylic oxidation sites excluding steroid dienone is 7. The Labute approximate surface area is 170 Å². The van der Waals surface area contributed by atoms with Crippen LogP contribution in [0.2, 0.25) is 0 Å². The molecule has 3 nitrogen and oxygen atoms in total.